The van der Waals surface area contributed by atoms with E-state index in [0.717, 1.165) is 35.7 Å². The lowest BCUT2D eigenvalue weighted by molar-refractivity contribution is 0.102. The first-order valence-electron chi connectivity index (χ1n) is 9.05. The number of carbonyl (C=O) groups excluding carboxylic acids is 1. The van der Waals surface area contributed by atoms with Gasteiger partial charge in [-0.15, -0.1) is 0 Å². The first-order chi connectivity index (χ1) is 13.5. The Morgan fingerprint density at radius 1 is 1.04 bits per heavy atom. The molecular weight excluding hydrogens is 372 g/mol. The van der Waals surface area contributed by atoms with Crippen LogP contribution in [0.1, 0.15) is 16.1 Å². The van der Waals surface area contributed by atoms with Crippen molar-refractivity contribution in [2.75, 3.05) is 36.2 Å². The topological polar surface area (TPSA) is 57.3 Å². The second kappa shape index (κ2) is 9.24. The van der Waals surface area contributed by atoms with Gasteiger partial charge in [0.25, 0.3) is 5.91 Å². The van der Waals surface area contributed by atoms with Gasteiger partial charge in [-0.05, 0) is 54.6 Å². The van der Waals surface area contributed by atoms with Crippen molar-refractivity contribution in [1.82, 2.24) is 4.98 Å². The number of nitrogens with zero attached hydrogens (tertiary/aromatic N) is 2. The second-order valence-electron chi connectivity index (χ2n) is 6.59. The molecule has 1 aromatic heterocycles. The highest BCUT2D eigenvalue weighted by Gasteiger charge is 2.14. The van der Waals surface area contributed by atoms with Crippen molar-refractivity contribution >= 4 is 34.6 Å². The zero-order valence-corrected chi connectivity index (χ0v) is 16.7. The number of nitrogens with one attached hydrogen (secondary N) is 2. The largest absolute Gasteiger partial charge is 0.385 e. The van der Waals surface area contributed by atoms with Crippen molar-refractivity contribution in [3.63, 3.8) is 0 Å². The van der Waals surface area contributed by atoms with Crippen LogP contribution in [-0.2, 0) is 6.42 Å². The van der Waals surface area contributed by atoms with Gasteiger partial charge in [0.05, 0.1) is 5.56 Å². The summed E-state index contributed by atoms with van der Waals surface area (Å²) >= 11 is 6.07. The van der Waals surface area contributed by atoms with E-state index >= 15 is 0 Å². The molecule has 2 aromatic carbocycles. The molecule has 1 heterocycles. The quantitative estimate of drug-likeness (QED) is 0.609. The van der Waals surface area contributed by atoms with Gasteiger partial charge < -0.3 is 15.5 Å². The van der Waals surface area contributed by atoms with Crippen LogP contribution in [-0.4, -0.2) is 31.5 Å². The smallest absolute Gasteiger partial charge is 0.257 e. The highest BCUT2D eigenvalue weighted by atomic mass is 35.5. The summed E-state index contributed by atoms with van der Waals surface area (Å²) in [6, 6.07) is 18.8. The lowest BCUT2D eigenvalue weighted by atomic mass is 10.1. The third-order valence-electron chi connectivity index (χ3n) is 4.26. The first-order valence-corrected chi connectivity index (χ1v) is 9.43. The lowest BCUT2D eigenvalue weighted by Crippen LogP contribution is -2.18. The summed E-state index contributed by atoms with van der Waals surface area (Å²) in [5, 5.41) is 6.82. The Bertz CT molecular complexity index is 927. The Hall–Kier alpha value is -3.05. The molecule has 6 heteroatoms. The van der Waals surface area contributed by atoms with Crippen molar-refractivity contribution in [2.24, 2.45) is 0 Å². The number of halogens is 1. The molecule has 0 aliphatic carbocycles. The normalized spacial score (nSPS) is 10.4. The summed E-state index contributed by atoms with van der Waals surface area (Å²) in [7, 11) is 3.79. The molecule has 0 atom stereocenters. The SMILES string of the molecule is CN(C)c1ccc(Cl)cc1C(=O)Nc1ccc(NCCc2ccccn2)cc1. The van der Waals surface area contributed by atoms with E-state index < -0.39 is 0 Å². The van der Waals surface area contributed by atoms with Gasteiger partial charge in [0.15, 0.2) is 0 Å². The van der Waals surface area contributed by atoms with Gasteiger partial charge in [-0.1, -0.05) is 17.7 Å². The number of anilines is 3. The molecule has 1 amide bonds. The minimum atomic E-state index is -0.193. The predicted molar refractivity (Wildman–Crippen MR) is 117 cm³/mol. The van der Waals surface area contributed by atoms with Gasteiger partial charge in [-0.25, -0.2) is 0 Å². The maximum atomic E-state index is 12.7. The summed E-state index contributed by atoms with van der Waals surface area (Å²) in [6.45, 7) is 0.789. The molecule has 0 saturated heterocycles. The molecule has 0 aliphatic rings. The third-order valence-corrected chi connectivity index (χ3v) is 4.50. The molecule has 144 valence electrons. The summed E-state index contributed by atoms with van der Waals surface area (Å²) in [5.41, 5.74) is 4.12. The molecule has 0 radical (unpaired) electrons. The lowest BCUT2D eigenvalue weighted by Gasteiger charge is -2.17. The van der Waals surface area contributed by atoms with Crippen molar-refractivity contribution in [1.29, 1.82) is 0 Å². The molecule has 0 aliphatic heterocycles. The number of aromatic nitrogens is 1. The first kappa shape index (κ1) is 19.7. The predicted octanol–water partition coefficient (Wildman–Crippen LogP) is 4.71. The van der Waals surface area contributed by atoms with Crippen LogP contribution in [0.3, 0.4) is 0 Å². The zero-order chi connectivity index (χ0) is 19.9. The van der Waals surface area contributed by atoms with Crippen LogP contribution in [0.5, 0.6) is 0 Å². The van der Waals surface area contributed by atoms with Gasteiger partial charge in [0.2, 0.25) is 0 Å². The Morgan fingerprint density at radius 2 is 1.79 bits per heavy atom. The zero-order valence-electron chi connectivity index (χ0n) is 15.9. The molecule has 0 bridgehead atoms. The van der Waals surface area contributed by atoms with Crippen molar-refractivity contribution in [3.8, 4) is 0 Å². The molecular formula is C22H23ClN4O. The number of hydrogen-bond donors (Lipinski definition) is 2. The van der Waals surface area contributed by atoms with Crippen molar-refractivity contribution in [3.05, 3.63) is 83.1 Å². The molecule has 0 saturated carbocycles. The molecule has 5 nitrogen and oxygen atoms in total. The van der Waals surface area contributed by atoms with E-state index in [1.165, 1.54) is 0 Å². The van der Waals surface area contributed by atoms with E-state index in [1.807, 2.05) is 67.5 Å². The molecule has 3 rings (SSSR count). The molecule has 0 spiro atoms. The highest BCUT2D eigenvalue weighted by molar-refractivity contribution is 6.31. The van der Waals surface area contributed by atoms with Gasteiger partial charge >= 0.3 is 0 Å². The van der Waals surface area contributed by atoms with E-state index in [1.54, 1.807) is 18.3 Å². The fraction of sp³-hybridized carbons (Fsp3) is 0.182. The highest BCUT2D eigenvalue weighted by Crippen LogP contribution is 2.24. The van der Waals surface area contributed by atoms with Crippen LogP contribution in [0, 0.1) is 0 Å². The Kier molecular flexibility index (Phi) is 6.50. The summed E-state index contributed by atoms with van der Waals surface area (Å²) in [5.74, 6) is -0.193. The maximum Gasteiger partial charge on any atom is 0.257 e. The van der Waals surface area contributed by atoms with Crippen LogP contribution in [0.15, 0.2) is 66.9 Å². The van der Waals surface area contributed by atoms with E-state index in [2.05, 4.69) is 15.6 Å². The summed E-state index contributed by atoms with van der Waals surface area (Å²) < 4.78 is 0. The van der Waals surface area contributed by atoms with Gasteiger partial charge in [-0.3, -0.25) is 9.78 Å². The van der Waals surface area contributed by atoms with Gasteiger partial charge in [0.1, 0.15) is 0 Å². The minimum Gasteiger partial charge on any atom is -0.385 e. The number of benzene rings is 2. The van der Waals surface area contributed by atoms with Crippen LogP contribution in [0.4, 0.5) is 17.1 Å². The molecule has 3 aromatic rings. The van der Waals surface area contributed by atoms with Crippen molar-refractivity contribution < 1.29 is 4.79 Å². The van der Waals surface area contributed by atoms with E-state index in [0.29, 0.717) is 10.6 Å². The third kappa shape index (κ3) is 5.24. The Morgan fingerprint density at radius 3 is 2.46 bits per heavy atom. The number of carbonyl (C=O) groups is 1. The molecule has 0 unspecified atom stereocenters. The number of hydrogen-bond acceptors (Lipinski definition) is 4. The minimum absolute atomic E-state index is 0.193. The summed E-state index contributed by atoms with van der Waals surface area (Å²) in [6.07, 6.45) is 2.65. The van der Waals surface area contributed by atoms with Gasteiger partial charge in [0, 0.05) is 61.0 Å². The average molecular weight is 395 g/mol. The Labute approximate surface area is 170 Å². The average Bonchev–Trinajstić information content (AvgIpc) is 2.70. The molecule has 2 N–H and O–H groups in total. The number of rotatable bonds is 7. The van der Waals surface area contributed by atoms with E-state index in [-0.39, 0.29) is 5.91 Å². The standard InChI is InChI=1S/C22H23ClN4O/c1-27(2)21-11-6-16(23)15-20(21)22(28)26-19-9-7-18(8-10-19)25-14-12-17-5-3-4-13-24-17/h3-11,13,15,25H,12,14H2,1-2H3,(H,26,28). The fourth-order valence-electron chi connectivity index (χ4n) is 2.83. The van der Waals surface area contributed by atoms with E-state index in [4.69, 9.17) is 11.6 Å². The number of pyridine rings is 1. The van der Waals surface area contributed by atoms with Gasteiger partial charge in [-0.2, -0.15) is 0 Å². The van der Waals surface area contributed by atoms with E-state index in [9.17, 15) is 4.79 Å². The van der Waals surface area contributed by atoms with Crippen LogP contribution < -0.4 is 15.5 Å². The monoisotopic (exact) mass is 394 g/mol. The Balaban J connectivity index is 1.60. The summed E-state index contributed by atoms with van der Waals surface area (Å²) in [4.78, 5) is 18.9. The maximum absolute atomic E-state index is 12.7. The fourth-order valence-corrected chi connectivity index (χ4v) is 3.00. The molecule has 28 heavy (non-hydrogen) atoms. The van der Waals surface area contributed by atoms with Crippen LogP contribution in [0.2, 0.25) is 5.02 Å². The number of amides is 1. The van der Waals surface area contributed by atoms with Crippen molar-refractivity contribution in [2.45, 2.75) is 6.42 Å². The second-order valence-corrected chi connectivity index (χ2v) is 7.02. The van der Waals surface area contributed by atoms with Crippen LogP contribution in [0.25, 0.3) is 0 Å². The molecule has 0 fully saturated rings. The van der Waals surface area contributed by atoms with Crippen LogP contribution >= 0.6 is 11.6 Å².